The fraction of sp³-hybridized carbons (Fsp3) is 0.375. The Balaban J connectivity index is 2.09. The van der Waals surface area contributed by atoms with E-state index in [1.54, 1.807) is 23.6 Å². The average molecular weight is 441 g/mol. The molecule has 0 aliphatic rings. The lowest BCUT2D eigenvalue weighted by Crippen LogP contribution is -2.23. The molecule has 1 aromatic heterocycles. The normalized spacial score (nSPS) is 12.2. The third-order valence-electron chi connectivity index (χ3n) is 4.75. The van der Waals surface area contributed by atoms with Crippen molar-refractivity contribution in [2.75, 3.05) is 13.2 Å². The van der Waals surface area contributed by atoms with Gasteiger partial charge in [-0.25, -0.2) is 0 Å². The fourth-order valence-electron chi connectivity index (χ4n) is 3.20. The molecule has 0 unspecified atom stereocenters. The topological polar surface area (TPSA) is 69.9 Å². The Bertz CT molecular complexity index is 1150. The van der Waals surface area contributed by atoms with Gasteiger partial charge in [0.2, 0.25) is 0 Å². The molecule has 1 amide bonds. The zero-order valence-corrected chi connectivity index (χ0v) is 19.4. The summed E-state index contributed by atoms with van der Waals surface area (Å²) < 4.78 is 13.5. The number of carbonyl (C=O) groups is 2. The number of nitrogens with zero attached hydrogens (tertiary/aromatic N) is 2. The molecule has 3 rings (SSSR count). The molecule has 6 nitrogen and oxygen atoms in total. The van der Waals surface area contributed by atoms with E-state index in [1.165, 1.54) is 11.3 Å². The predicted molar refractivity (Wildman–Crippen MR) is 123 cm³/mol. The van der Waals surface area contributed by atoms with Gasteiger partial charge in [0.25, 0.3) is 5.91 Å². The number of benzene rings is 2. The van der Waals surface area contributed by atoms with Gasteiger partial charge in [0.1, 0.15) is 17.8 Å². The molecule has 0 spiro atoms. The van der Waals surface area contributed by atoms with Crippen LogP contribution in [0.25, 0.3) is 10.2 Å². The van der Waals surface area contributed by atoms with Crippen LogP contribution < -0.4 is 9.54 Å². The van der Waals surface area contributed by atoms with Crippen LogP contribution in [0.3, 0.4) is 0 Å². The highest BCUT2D eigenvalue weighted by Crippen LogP contribution is 2.28. The molecule has 0 fully saturated rings. The second-order valence-electron chi connectivity index (χ2n) is 8.06. The fourth-order valence-corrected chi connectivity index (χ4v) is 4.25. The smallest absolute Gasteiger partial charge is 0.326 e. The molecule has 0 bridgehead atoms. The Morgan fingerprint density at radius 2 is 1.74 bits per heavy atom. The number of ether oxygens (including phenoxy) is 2. The molecule has 0 radical (unpaired) electrons. The standard InChI is InChI=1S/C24H28N2O4S/c1-6-29-18-9-8-10-19-21(18)26(15-20(27)30-7-2)23(31-19)25-22(28)16-11-13-17(14-12-16)24(3,4)5/h8-14H,6-7,15H2,1-5H3. The molecular formula is C24H28N2O4S. The number of para-hydroxylation sites is 1. The average Bonchev–Trinajstić information content (AvgIpc) is 3.05. The van der Waals surface area contributed by atoms with Crippen molar-refractivity contribution >= 4 is 33.4 Å². The van der Waals surface area contributed by atoms with Crippen LogP contribution in [-0.2, 0) is 21.5 Å². The van der Waals surface area contributed by atoms with E-state index < -0.39 is 5.97 Å². The molecule has 164 valence electrons. The lowest BCUT2D eigenvalue weighted by molar-refractivity contribution is -0.143. The quantitative estimate of drug-likeness (QED) is 0.521. The number of carbonyl (C=O) groups excluding carboxylic acids is 2. The first-order valence-corrected chi connectivity index (χ1v) is 11.2. The van der Waals surface area contributed by atoms with Crippen molar-refractivity contribution < 1.29 is 19.1 Å². The summed E-state index contributed by atoms with van der Waals surface area (Å²) in [4.78, 5) is 29.9. The summed E-state index contributed by atoms with van der Waals surface area (Å²) >= 11 is 1.34. The van der Waals surface area contributed by atoms with Crippen molar-refractivity contribution in [3.8, 4) is 5.75 Å². The monoisotopic (exact) mass is 440 g/mol. The van der Waals surface area contributed by atoms with Gasteiger partial charge in [-0.15, -0.1) is 0 Å². The maximum absolute atomic E-state index is 12.9. The lowest BCUT2D eigenvalue weighted by Gasteiger charge is -2.18. The molecule has 31 heavy (non-hydrogen) atoms. The van der Waals surface area contributed by atoms with Crippen molar-refractivity contribution in [2.45, 2.75) is 46.6 Å². The zero-order chi connectivity index (χ0) is 22.6. The highest BCUT2D eigenvalue weighted by molar-refractivity contribution is 7.16. The van der Waals surface area contributed by atoms with Crippen LogP contribution >= 0.6 is 11.3 Å². The van der Waals surface area contributed by atoms with Crippen LogP contribution in [0, 0.1) is 0 Å². The highest BCUT2D eigenvalue weighted by atomic mass is 32.1. The van der Waals surface area contributed by atoms with Gasteiger partial charge in [-0.3, -0.25) is 9.59 Å². The van der Waals surface area contributed by atoms with E-state index in [9.17, 15) is 9.59 Å². The van der Waals surface area contributed by atoms with E-state index in [-0.39, 0.29) is 24.5 Å². The molecule has 3 aromatic rings. The summed E-state index contributed by atoms with van der Waals surface area (Å²) in [5.74, 6) is -0.108. The molecule has 1 heterocycles. The molecule has 0 N–H and O–H groups in total. The molecule has 0 aliphatic heterocycles. The number of hydrogen-bond donors (Lipinski definition) is 0. The summed E-state index contributed by atoms with van der Waals surface area (Å²) in [6.07, 6.45) is 0. The molecular weight excluding hydrogens is 412 g/mol. The molecule has 0 aliphatic carbocycles. The maximum atomic E-state index is 12.9. The third-order valence-corrected chi connectivity index (χ3v) is 5.80. The first-order chi connectivity index (χ1) is 14.7. The Morgan fingerprint density at radius 3 is 2.35 bits per heavy atom. The van der Waals surface area contributed by atoms with Gasteiger partial charge in [-0.2, -0.15) is 4.99 Å². The number of amides is 1. The summed E-state index contributed by atoms with van der Waals surface area (Å²) in [6, 6.07) is 13.1. The largest absolute Gasteiger partial charge is 0.492 e. The second-order valence-corrected chi connectivity index (χ2v) is 9.07. The van der Waals surface area contributed by atoms with Crippen molar-refractivity contribution in [3.05, 3.63) is 58.4 Å². The van der Waals surface area contributed by atoms with Crippen LogP contribution in [0.1, 0.15) is 50.5 Å². The maximum Gasteiger partial charge on any atom is 0.326 e. The Morgan fingerprint density at radius 1 is 1.03 bits per heavy atom. The highest BCUT2D eigenvalue weighted by Gasteiger charge is 2.17. The molecule has 0 saturated heterocycles. The summed E-state index contributed by atoms with van der Waals surface area (Å²) in [5, 5.41) is 0. The van der Waals surface area contributed by atoms with Gasteiger partial charge >= 0.3 is 5.97 Å². The van der Waals surface area contributed by atoms with E-state index >= 15 is 0 Å². The number of hydrogen-bond acceptors (Lipinski definition) is 5. The SMILES string of the molecule is CCOC(=O)Cn1c(=NC(=O)c2ccc(C(C)(C)C)cc2)sc2cccc(OCC)c21. The van der Waals surface area contributed by atoms with E-state index in [1.807, 2.05) is 37.3 Å². The van der Waals surface area contributed by atoms with Gasteiger partial charge < -0.3 is 14.0 Å². The van der Waals surface area contributed by atoms with Crippen molar-refractivity contribution in [1.82, 2.24) is 4.57 Å². The number of thiazole rings is 1. The van der Waals surface area contributed by atoms with Crippen molar-refractivity contribution in [1.29, 1.82) is 0 Å². The van der Waals surface area contributed by atoms with Gasteiger partial charge in [0.15, 0.2) is 4.80 Å². The van der Waals surface area contributed by atoms with Crippen LogP contribution in [-0.4, -0.2) is 29.7 Å². The van der Waals surface area contributed by atoms with Crippen LogP contribution in [0.2, 0.25) is 0 Å². The number of esters is 1. The van der Waals surface area contributed by atoms with E-state index in [0.29, 0.717) is 22.7 Å². The van der Waals surface area contributed by atoms with Gasteiger partial charge in [0, 0.05) is 5.56 Å². The van der Waals surface area contributed by atoms with Crippen LogP contribution in [0.4, 0.5) is 0 Å². The first-order valence-electron chi connectivity index (χ1n) is 10.3. The Hall–Kier alpha value is -2.93. The zero-order valence-electron chi connectivity index (χ0n) is 18.6. The van der Waals surface area contributed by atoms with Crippen LogP contribution in [0.5, 0.6) is 5.75 Å². The summed E-state index contributed by atoms with van der Waals surface area (Å²) in [6.45, 7) is 10.8. The van der Waals surface area contributed by atoms with E-state index in [2.05, 4.69) is 25.8 Å². The Labute approximate surface area is 186 Å². The van der Waals surface area contributed by atoms with Crippen molar-refractivity contribution in [3.63, 3.8) is 0 Å². The molecule has 2 aromatic carbocycles. The minimum absolute atomic E-state index is 0.00252. The summed E-state index contributed by atoms with van der Waals surface area (Å²) in [7, 11) is 0. The second kappa shape index (κ2) is 9.47. The minimum atomic E-state index is -0.392. The third kappa shape index (κ3) is 5.22. The first kappa shape index (κ1) is 22.7. The summed E-state index contributed by atoms with van der Waals surface area (Å²) in [5.41, 5.74) is 2.38. The van der Waals surface area contributed by atoms with Gasteiger partial charge in [0.05, 0.1) is 17.9 Å². The van der Waals surface area contributed by atoms with Crippen LogP contribution in [0.15, 0.2) is 47.5 Å². The number of rotatable bonds is 6. The molecule has 0 saturated carbocycles. The van der Waals surface area contributed by atoms with Gasteiger partial charge in [-0.1, -0.05) is 50.3 Å². The Kier molecular flexibility index (Phi) is 6.95. The molecule has 0 atom stereocenters. The number of fused-ring (bicyclic) bond motifs is 1. The predicted octanol–water partition coefficient (Wildman–Crippen LogP) is 4.70. The molecule has 7 heteroatoms. The van der Waals surface area contributed by atoms with Crippen molar-refractivity contribution in [2.24, 2.45) is 4.99 Å². The minimum Gasteiger partial charge on any atom is -0.492 e. The van der Waals surface area contributed by atoms with E-state index in [4.69, 9.17) is 9.47 Å². The van der Waals surface area contributed by atoms with E-state index in [0.717, 1.165) is 15.8 Å². The number of aromatic nitrogens is 1. The lowest BCUT2D eigenvalue weighted by atomic mass is 9.87. The van der Waals surface area contributed by atoms with Gasteiger partial charge in [-0.05, 0) is 49.1 Å².